The maximum atomic E-state index is 5.06. The predicted molar refractivity (Wildman–Crippen MR) is 205 cm³/mol. The molecule has 0 unspecified atom stereocenters. The Morgan fingerprint density at radius 1 is 0.306 bits per heavy atom. The van der Waals surface area contributed by atoms with E-state index in [4.69, 9.17) is 15.0 Å². The van der Waals surface area contributed by atoms with Crippen LogP contribution in [-0.2, 0) is 0 Å². The summed E-state index contributed by atoms with van der Waals surface area (Å²) >= 11 is 1.80. The summed E-state index contributed by atoms with van der Waals surface area (Å²) in [6.07, 6.45) is 0. The molecule has 0 saturated carbocycles. The molecule has 0 spiro atoms. The summed E-state index contributed by atoms with van der Waals surface area (Å²) in [4.78, 5) is 15.0. The summed E-state index contributed by atoms with van der Waals surface area (Å²) in [6.45, 7) is 0. The molecule has 0 fully saturated rings. The smallest absolute Gasteiger partial charge is 0.164 e. The number of aromatic nitrogens is 3. The molecule has 0 amide bonds. The van der Waals surface area contributed by atoms with Gasteiger partial charge in [-0.05, 0) is 51.6 Å². The van der Waals surface area contributed by atoms with Gasteiger partial charge in [-0.2, -0.15) is 0 Å². The second-order valence-corrected chi connectivity index (χ2v) is 13.1. The Labute approximate surface area is 288 Å². The second kappa shape index (κ2) is 12.4. The minimum Gasteiger partial charge on any atom is -0.208 e. The first-order valence-corrected chi connectivity index (χ1v) is 17.2. The number of hydrogen-bond donors (Lipinski definition) is 0. The lowest BCUT2D eigenvalue weighted by atomic mass is 9.97. The van der Waals surface area contributed by atoms with Gasteiger partial charge in [0.15, 0.2) is 17.5 Å². The molecule has 0 aliphatic heterocycles. The zero-order chi connectivity index (χ0) is 32.6. The average molecular weight is 644 g/mol. The summed E-state index contributed by atoms with van der Waals surface area (Å²) in [5.74, 6) is 2.00. The summed E-state index contributed by atoms with van der Waals surface area (Å²) in [5, 5.41) is 2.38. The second-order valence-electron chi connectivity index (χ2n) is 12.1. The summed E-state index contributed by atoms with van der Waals surface area (Å²) in [6, 6.07) is 61.7. The number of fused-ring (bicyclic) bond motifs is 3. The van der Waals surface area contributed by atoms with Crippen molar-refractivity contribution in [3.05, 3.63) is 176 Å². The number of hydrogen-bond acceptors (Lipinski definition) is 4. The third-order valence-corrected chi connectivity index (χ3v) is 10.1. The van der Waals surface area contributed by atoms with Crippen LogP contribution in [0.2, 0.25) is 0 Å². The minimum absolute atomic E-state index is 0.663. The lowest BCUT2D eigenvalue weighted by molar-refractivity contribution is 1.08. The van der Waals surface area contributed by atoms with Crippen LogP contribution in [0, 0.1) is 0 Å². The van der Waals surface area contributed by atoms with Gasteiger partial charge in [0.25, 0.3) is 0 Å². The van der Waals surface area contributed by atoms with Crippen molar-refractivity contribution < 1.29 is 0 Å². The van der Waals surface area contributed by atoms with Crippen molar-refractivity contribution in [1.82, 2.24) is 15.0 Å². The average Bonchev–Trinajstić information content (AvgIpc) is 3.57. The SMILES string of the molecule is c1ccc(-c2ccc(-c3ccc(-c4ccc5sc6cccc(-c7nc(-c8ccccc8)nc(-c8ccccc8)n7)c6c5c4)cc3)cc2)cc1. The highest BCUT2D eigenvalue weighted by atomic mass is 32.1. The van der Waals surface area contributed by atoms with E-state index >= 15 is 0 Å². The lowest BCUT2D eigenvalue weighted by Gasteiger charge is -2.10. The molecular weight excluding hydrogens is 615 g/mol. The lowest BCUT2D eigenvalue weighted by Crippen LogP contribution is -2.00. The first-order valence-electron chi connectivity index (χ1n) is 16.4. The first-order chi connectivity index (χ1) is 24.3. The van der Waals surface area contributed by atoms with Gasteiger partial charge in [-0.3, -0.25) is 0 Å². The van der Waals surface area contributed by atoms with Gasteiger partial charge in [-0.25, -0.2) is 15.0 Å². The van der Waals surface area contributed by atoms with Crippen LogP contribution in [-0.4, -0.2) is 15.0 Å². The quantitative estimate of drug-likeness (QED) is 0.181. The van der Waals surface area contributed by atoms with E-state index in [-0.39, 0.29) is 0 Å². The van der Waals surface area contributed by atoms with Crippen LogP contribution in [0.5, 0.6) is 0 Å². The topological polar surface area (TPSA) is 38.7 Å². The van der Waals surface area contributed by atoms with Crippen LogP contribution in [0.15, 0.2) is 176 Å². The van der Waals surface area contributed by atoms with E-state index in [1.54, 1.807) is 11.3 Å². The number of rotatable bonds is 6. The van der Waals surface area contributed by atoms with E-state index < -0.39 is 0 Å². The third kappa shape index (κ3) is 5.58. The fraction of sp³-hybridized carbons (Fsp3) is 0. The van der Waals surface area contributed by atoms with Crippen LogP contribution in [0.4, 0.5) is 0 Å². The zero-order valence-corrected chi connectivity index (χ0v) is 27.3. The number of benzene rings is 7. The third-order valence-electron chi connectivity index (χ3n) is 8.98. The molecule has 0 N–H and O–H groups in total. The summed E-state index contributed by atoms with van der Waals surface area (Å²) in [7, 11) is 0. The summed E-state index contributed by atoms with van der Waals surface area (Å²) < 4.78 is 2.45. The standard InChI is InChI=1S/C45H29N3S/c1-4-11-30(12-5-1)31-19-21-32(22-20-31)33-23-25-34(26-24-33)37-27-28-40-39(29-37)42-38(17-10-18-41(42)49-40)45-47-43(35-13-6-2-7-14-35)46-44(48-45)36-15-8-3-9-16-36/h1-29H. The molecule has 0 atom stereocenters. The highest BCUT2D eigenvalue weighted by molar-refractivity contribution is 7.26. The Kier molecular flexibility index (Phi) is 7.34. The van der Waals surface area contributed by atoms with Crippen molar-refractivity contribution in [2.45, 2.75) is 0 Å². The van der Waals surface area contributed by atoms with Gasteiger partial charge < -0.3 is 0 Å². The van der Waals surface area contributed by atoms with Crippen molar-refractivity contribution in [2.75, 3.05) is 0 Å². The van der Waals surface area contributed by atoms with Crippen LogP contribution >= 0.6 is 11.3 Å². The van der Waals surface area contributed by atoms with Gasteiger partial charge in [0.2, 0.25) is 0 Å². The van der Waals surface area contributed by atoms with Crippen LogP contribution in [0.1, 0.15) is 0 Å². The first kappa shape index (κ1) is 29.0. The molecular formula is C45H29N3S. The fourth-order valence-corrected chi connectivity index (χ4v) is 7.58. The molecule has 2 aromatic heterocycles. The van der Waals surface area contributed by atoms with Crippen molar-refractivity contribution in [3.63, 3.8) is 0 Å². The molecule has 0 aliphatic rings. The molecule has 49 heavy (non-hydrogen) atoms. The molecule has 230 valence electrons. The minimum atomic E-state index is 0.663. The zero-order valence-electron chi connectivity index (χ0n) is 26.5. The van der Waals surface area contributed by atoms with Crippen LogP contribution < -0.4 is 0 Å². The van der Waals surface area contributed by atoms with E-state index in [9.17, 15) is 0 Å². The van der Waals surface area contributed by atoms with Crippen molar-refractivity contribution in [2.24, 2.45) is 0 Å². The van der Waals surface area contributed by atoms with Crippen LogP contribution in [0.25, 0.3) is 87.7 Å². The Morgan fingerprint density at radius 2 is 0.735 bits per heavy atom. The number of thiophene rings is 1. The maximum absolute atomic E-state index is 5.06. The van der Waals surface area contributed by atoms with E-state index in [1.807, 2.05) is 60.7 Å². The molecule has 0 radical (unpaired) electrons. The van der Waals surface area contributed by atoms with Crippen LogP contribution in [0.3, 0.4) is 0 Å². The van der Waals surface area contributed by atoms with Gasteiger partial charge >= 0.3 is 0 Å². The molecule has 0 aliphatic carbocycles. The van der Waals surface area contributed by atoms with E-state index in [0.29, 0.717) is 17.5 Å². The molecule has 7 aromatic carbocycles. The molecule has 2 heterocycles. The molecule has 4 heteroatoms. The maximum Gasteiger partial charge on any atom is 0.164 e. The summed E-state index contributed by atoms with van der Waals surface area (Å²) in [5.41, 5.74) is 10.1. The Morgan fingerprint density at radius 3 is 1.27 bits per heavy atom. The van der Waals surface area contributed by atoms with E-state index in [2.05, 4.69) is 115 Å². The molecule has 9 rings (SSSR count). The molecule has 0 bridgehead atoms. The monoisotopic (exact) mass is 643 g/mol. The Balaban J connectivity index is 1.11. The largest absolute Gasteiger partial charge is 0.208 e. The van der Waals surface area contributed by atoms with Gasteiger partial charge in [0, 0.05) is 36.9 Å². The van der Waals surface area contributed by atoms with E-state index in [0.717, 1.165) is 16.7 Å². The van der Waals surface area contributed by atoms with Gasteiger partial charge in [-0.15, -0.1) is 11.3 Å². The Hall–Kier alpha value is -6.23. The van der Waals surface area contributed by atoms with Gasteiger partial charge in [-0.1, -0.05) is 158 Å². The van der Waals surface area contributed by atoms with E-state index in [1.165, 1.54) is 53.6 Å². The predicted octanol–water partition coefficient (Wildman–Crippen LogP) is 12.2. The Bertz CT molecular complexity index is 2500. The fourth-order valence-electron chi connectivity index (χ4n) is 6.46. The molecule has 0 saturated heterocycles. The van der Waals surface area contributed by atoms with Gasteiger partial charge in [0.05, 0.1) is 0 Å². The normalized spacial score (nSPS) is 11.3. The van der Waals surface area contributed by atoms with Crippen molar-refractivity contribution in [3.8, 4) is 67.5 Å². The highest BCUT2D eigenvalue weighted by Crippen LogP contribution is 2.41. The highest BCUT2D eigenvalue weighted by Gasteiger charge is 2.17. The van der Waals surface area contributed by atoms with Crippen molar-refractivity contribution >= 4 is 31.5 Å². The van der Waals surface area contributed by atoms with Crippen molar-refractivity contribution in [1.29, 1.82) is 0 Å². The van der Waals surface area contributed by atoms with Gasteiger partial charge in [0.1, 0.15) is 0 Å². The molecule has 9 aromatic rings. The molecule has 3 nitrogen and oxygen atoms in total. The number of nitrogens with zero attached hydrogens (tertiary/aromatic N) is 3.